The first-order valence-corrected chi connectivity index (χ1v) is 13.2. The molecule has 0 aliphatic carbocycles. The number of amides is 2. The van der Waals surface area contributed by atoms with Gasteiger partial charge >= 0.3 is 6.03 Å². The van der Waals surface area contributed by atoms with E-state index in [2.05, 4.69) is 50.9 Å². The molecule has 1 aromatic carbocycles. The summed E-state index contributed by atoms with van der Waals surface area (Å²) in [4.78, 5) is 29.5. The second-order valence-corrected chi connectivity index (χ2v) is 10.3. The van der Waals surface area contributed by atoms with E-state index in [0.29, 0.717) is 23.6 Å². The largest absolute Gasteiger partial charge is 0.326 e. The van der Waals surface area contributed by atoms with Crippen molar-refractivity contribution in [1.82, 2.24) is 39.6 Å². The molecule has 0 spiro atoms. The summed E-state index contributed by atoms with van der Waals surface area (Å²) in [6, 6.07) is 10.4. The van der Waals surface area contributed by atoms with Crippen LogP contribution in [0.25, 0.3) is 28.2 Å². The molecule has 10 nitrogen and oxygen atoms in total. The van der Waals surface area contributed by atoms with Crippen molar-refractivity contribution in [2.24, 2.45) is 5.92 Å². The lowest BCUT2D eigenvalue weighted by Gasteiger charge is -2.36. The van der Waals surface area contributed by atoms with Gasteiger partial charge in [0.05, 0.1) is 12.2 Å². The average molecular weight is 500 g/mol. The fourth-order valence-corrected chi connectivity index (χ4v) is 5.61. The molecule has 0 saturated carbocycles. The van der Waals surface area contributed by atoms with Crippen molar-refractivity contribution in [1.29, 1.82) is 0 Å². The Bertz CT molecular complexity index is 1370. The predicted octanol–water partition coefficient (Wildman–Crippen LogP) is 3.93. The molecule has 2 fully saturated rings. The number of nitrogens with one attached hydrogen (secondary N) is 1. The molecule has 192 valence electrons. The van der Waals surface area contributed by atoms with Gasteiger partial charge in [-0.15, -0.1) is 0 Å². The van der Waals surface area contributed by atoms with E-state index < -0.39 is 0 Å². The van der Waals surface area contributed by atoms with Crippen molar-refractivity contribution >= 4 is 17.5 Å². The van der Waals surface area contributed by atoms with E-state index in [9.17, 15) is 4.79 Å². The minimum Gasteiger partial charge on any atom is -0.319 e. The summed E-state index contributed by atoms with van der Waals surface area (Å²) in [5, 5.41) is 11.4. The number of aromatic amines is 1. The lowest BCUT2D eigenvalue weighted by Crippen LogP contribution is -2.46. The number of anilines is 1. The van der Waals surface area contributed by atoms with E-state index in [-0.39, 0.29) is 12.1 Å². The second kappa shape index (κ2) is 9.59. The zero-order chi connectivity index (χ0) is 25.5. The molecular formula is C27H33N9O. The normalized spacial score (nSPS) is 19.6. The van der Waals surface area contributed by atoms with Gasteiger partial charge in [0.15, 0.2) is 11.5 Å². The van der Waals surface area contributed by atoms with Crippen molar-refractivity contribution in [2.75, 3.05) is 31.1 Å². The lowest BCUT2D eigenvalue weighted by atomic mass is 10.0. The smallest absolute Gasteiger partial charge is 0.319 e. The van der Waals surface area contributed by atoms with Crippen molar-refractivity contribution in [3.63, 3.8) is 0 Å². The number of hydrogen-bond donors (Lipinski definition) is 1. The number of carbonyl (C=O) groups is 1. The molecule has 37 heavy (non-hydrogen) atoms. The van der Waals surface area contributed by atoms with Gasteiger partial charge in [-0.1, -0.05) is 45.0 Å². The van der Waals surface area contributed by atoms with Gasteiger partial charge in [-0.25, -0.2) is 19.3 Å². The second-order valence-electron chi connectivity index (χ2n) is 10.3. The van der Waals surface area contributed by atoms with Gasteiger partial charge in [0.2, 0.25) is 0 Å². The quantitative estimate of drug-likeness (QED) is 0.432. The third-order valence-corrected chi connectivity index (χ3v) is 7.85. The maximum Gasteiger partial charge on any atom is 0.326 e. The number of carbonyl (C=O) groups excluding carboxylic acids is 1. The van der Waals surface area contributed by atoms with Crippen LogP contribution < -0.4 is 4.90 Å². The first-order valence-electron chi connectivity index (χ1n) is 13.2. The minimum absolute atomic E-state index is 0.0717. The number of fused-ring (bicyclic) bond motifs is 1. The van der Waals surface area contributed by atoms with Gasteiger partial charge in [0.1, 0.15) is 12.1 Å². The Balaban J connectivity index is 1.31. The molecule has 6 rings (SSSR count). The molecule has 2 amide bonds. The van der Waals surface area contributed by atoms with Gasteiger partial charge in [-0.05, 0) is 36.9 Å². The summed E-state index contributed by atoms with van der Waals surface area (Å²) in [6.07, 6.45) is 7.35. The lowest BCUT2D eigenvalue weighted by molar-refractivity contribution is 0.137. The maximum atomic E-state index is 13.8. The van der Waals surface area contributed by atoms with Crippen molar-refractivity contribution in [2.45, 2.75) is 45.7 Å². The third kappa shape index (κ3) is 4.25. The van der Waals surface area contributed by atoms with E-state index in [4.69, 9.17) is 4.98 Å². The van der Waals surface area contributed by atoms with Crippen LogP contribution in [0.4, 0.5) is 10.6 Å². The molecule has 0 unspecified atom stereocenters. The SMILES string of the molecule is CCN1CCC(N2C[C@H](C(C)C)N(c3ccn4ncc(-c5ccc(-c6nc[nH]n6)cc5)c4n3)C2=O)CC1. The molecule has 1 atom stereocenters. The Morgan fingerprint density at radius 3 is 2.51 bits per heavy atom. The van der Waals surface area contributed by atoms with Crippen LogP contribution in [0.5, 0.6) is 0 Å². The van der Waals surface area contributed by atoms with E-state index in [1.54, 1.807) is 10.8 Å². The fraction of sp³-hybridized carbons (Fsp3) is 0.444. The number of benzene rings is 1. The number of nitrogens with zero attached hydrogens (tertiary/aromatic N) is 8. The molecular weight excluding hydrogens is 466 g/mol. The Morgan fingerprint density at radius 1 is 1.08 bits per heavy atom. The van der Waals surface area contributed by atoms with Crippen LogP contribution in [-0.2, 0) is 0 Å². The minimum atomic E-state index is 0.0717. The van der Waals surface area contributed by atoms with Gasteiger partial charge in [0.25, 0.3) is 0 Å². The fourth-order valence-electron chi connectivity index (χ4n) is 5.61. The van der Waals surface area contributed by atoms with E-state index >= 15 is 0 Å². The predicted molar refractivity (Wildman–Crippen MR) is 142 cm³/mol. The average Bonchev–Trinajstić information content (AvgIpc) is 3.67. The van der Waals surface area contributed by atoms with E-state index in [0.717, 1.165) is 61.4 Å². The first kappa shape index (κ1) is 23.6. The molecule has 0 radical (unpaired) electrons. The summed E-state index contributed by atoms with van der Waals surface area (Å²) < 4.78 is 1.77. The molecule has 3 aromatic heterocycles. The monoisotopic (exact) mass is 499 g/mol. The summed E-state index contributed by atoms with van der Waals surface area (Å²) in [6.45, 7) is 10.5. The number of rotatable bonds is 6. The molecule has 10 heteroatoms. The Hall–Kier alpha value is -3.79. The number of urea groups is 1. The molecule has 0 bridgehead atoms. The molecule has 2 saturated heterocycles. The van der Waals surface area contributed by atoms with Gasteiger partial charge in [-0.2, -0.15) is 10.2 Å². The van der Waals surface area contributed by atoms with Crippen molar-refractivity contribution < 1.29 is 4.79 Å². The van der Waals surface area contributed by atoms with Crippen LogP contribution in [0.3, 0.4) is 0 Å². The third-order valence-electron chi connectivity index (χ3n) is 7.85. The van der Waals surface area contributed by atoms with Crippen LogP contribution in [0, 0.1) is 5.92 Å². The van der Waals surface area contributed by atoms with Gasteiger partial charge < -0.3 is 9.80 Å². The highest BCUT2D eigenvalue weighted by atomic mass is 16.2. The van der Waals surface area contributed by atoms with Crippen molar-refractivity contribution in [3.05, 3.63) is 49.1 Å². The van der Waals surface area contributed by atoms with Crippen LogP contribution in [-0.4, -0.2) is 83.9 Å². The topological polar surface area (TPSA) is 98.6 Å². The van der Waals surface area contributed by atoms with Crippen LogP contribution in [0.2, 0.25) is 0 Å². The van der Waals surface area contributed by atoms with Crippen LogP contribution in [0.1, 0.15) is 33.6 Å². The summed E-state index contributed by atoms with van der Waals surface area (Å²) >= 11 is 0. The Kier molecular flexibility index (Phi) is 6.11. The highest BCUT2D eigenvalue weighted by Crippen LogP contribution is 2.33. The maximum absolute atomic E-state index is 13.8. The van der Waals surface area contributed by atoms with Crippen LogP contribution >= 0.6 is 0 Å². The molecule has 2 aliphatic heterocycles. The summed E-state index contributed by atoms with van der Waals surface area (Å²) in [5.41, 5.74) is 3.58. The summed E-state index contributed by atoms with van der Waals surface area (Å²) in [7, 11) is 0. The molecule has 2 aliphatic rings. The highest BCUT2D eigenvalue weighted by Gasteiger charge is 2.43. The number of aromatic nitrogens is 6. The number of likely N-dealkylation sites (tertiary alicyclic amines) is 1. The Morgan fingerprint density at radius 2 is 1.84 bits per heavy atom. The zero-order valence-electron chi connectivity index (χ0n) is 21.6. The molecule has 4 aromatic rings. The van der Waals surface area contributed by atoms with Crippen molar-refractivity contribution in [3.8, 4) is 22.5 Å². The van der Waals surface area contributed by atoms with Gasteiger partial charge in [0, 0.05) is 43.0 Å². The molecule has 5 heterocycles. The number of piperidine rings is 1. The standard InChI is InChI=1S/C27H33N9O/c1-4-33-12-9-21(10-13-33)34-16-23(18(2)3)36(27(34)37)24-11-14-35-26(31-24)22(15-30-35)19-5-7-20(8-6-19)25-28-17-29-32-25/h5-8,11,14-15,17-18,21,23H,4,9-10,12-13,16H2,1-3H3,(H,28,29,32)/t23-/m1/s1. The van der Waals surface area contributed by atoms with Crippen LogP contribution in [0.15, 0.2) is 49.1 Å². The first-order chi connectivity index (χ1) is 18.0. The number of H-pyrrole nitrogens is 1. The number of hydrogen-bond acceptors (Lipinski definition) is 6. The van der Waals surface area contributed by atoms with E-state index in [1.807, 2.05) is 47.6 Å². The zero-order valence-corrected chi connectivity index (χ0v) is 21.6. The summed E-state index contributed by atoms with van der Waals surface area (Å²) in [5.74, 6) is 1.66. The molecule has 1 N–H and O–H groups in total. The van der Waals surface area contributed by atoms with Gasteiger partial charge in [-0.3, -0.25) is 10.00 Å². The Labute approximate surface area is 216 Å². The highest BCUT2D eigenvalue weighted by molar-refractivity contribution is 5.95. The van der Waals surface area contributed by atoms with E-state index in [1.165, 1.54) is 0 Å².